The zero-order chi connectivity index (χ0) is 14.7. The number of ether oxygens (including phenoxy) is 1. The van der Waals surface area contributed by atoms with Crippen LogP contribution in [0.3, 0.4) is 0 Å². The van der Waals surface area contributed by atoms with Gasteiger partial charge in [-0.15, -0.1) is 0 Å². The third-order valence-electron chi connectivity index (χ3n) is 4.76. The Bertz CT molecular complexity index is 462. The van der Waals surface area contributed by atoms with Crippen molar-refractivity contribution in [2.75, 3.05) is 45.9 Å². The lowest BCUT2D eigenvalue weighted by molar-refractivity contribution is 0.0184. The van der Waals surface area contributed by atoms with E-state index >= 15 is 0 Å². The van der Waals surface area contributed by atoms with Crippen LogP contribution in [0.1, 0.15) is 24.8 Å². The number of hydrogen-bond donors (Lipinski definition) is 0. The fourth-order valence-electron chi connectivity index (χ4n) is 3.52. The Balaban J connectivity index is 1.52. The summed E-state index contributed by atoms with van der Waals surface area (Å²) in [6.07, 6.45) is 1.29. The van der Waals surface area contributed by atoms with Gasteiger partial charge in [-0.2, -0.15) is 0 Å². The highest BCUT2D eigenvalue weighted by molar-refractivity contribution is 6.30. The maximum atomic E-state index is 6.10. The molecule has 116 valence electrons. The van der Waals surface area contributed by atoms with E-state index in [1.54, 1.807) is 0 Å². The first-order valence-electron chi connectivity index (χ1n) is 8.02. The molecule has 0 aliphatic carbocycles. The normalized spacial score (nSPS) is 26.1. The lowest BCUT2D eigenvalue weighted by Gasteiger charge is -2.32. The molecule has 2 fully saturated rings. The summed E-state index contributed by atoms with van der Waals surface area (Å²) in [5.74, 6) is 0.534. The molecule has 21 heavy (non-hydrogen) atoms. The standard InChI is InChI=1S/C17H25ClN2O/c1-14(15-3-2-4-16(18)11-15)12-19-6-5-17(13-19)20-7-9-21-10-8-20/h2-4,11,14,17H,5-10,12-13H2,1H3/t14-,17+/m0/s1. The molecule has 0 unspecified atom stereocenters. The van der Waals surface area contributed by atoms with Crippen molar-refractivity contribution in [3.8, 4) is 0 Å². The molecule has 2 atom stereocenters. The Morgan fingerprint density at radius 2 is 2.10 bits per heavy atom. The summed E-state index contributed by atoms with van der Waals surface area (Å²) in [7, 11) is 0. The Kier molecular flexibility index (Phi) is 5.17. The molecule has 2 aliphatic heterocycles. The van der Waals surface area contributed by atoms with Gasteiger partial charge in [-0.1, -0.05) is 30.7 Å². The van der Waals surface area contributed by atoms with Gasteiger partial charge in [0.25, 0.3) is 0 Å². The molecular weight excluding hydrogens is 284 g/mol. The van der Waals surface area contributed by atoms with Gasteiger partial charge in [-0.3, -0.25) is 4.90 Å². The number of halogens is 1. The van der Waals surface area contributed by atoms with Crippen LogP contribution in [0.2, 0.25) is 5.02 Å². The minimum Gasteiger partial charge on any atom is -0.379 e. The van der Waals surface area contributed by atoms with Gasteiger partial charge >= 0.3 is 0 Å². The van der Waals surface area contributed by atoms with Crippen molar-refractivity contribution in [1.82, 2.24) is 9.80 Å². The van der Waals surface area contributed by atoms with Gasteiger partial charge in [-0.25, -0.2) is 0 Å². The average Bonchev–Trinajstić information content (AvgIpc) is 2.97. The zero-order valence-corrected chi connectivity index (χ0v) is 13.6. The summed E-state index contributed by atoms with van der Waals surface area (Å²) in [6, 6.07) is 9.00. The molecule has 4 heteroatoms. The predicted molar refractivity (Wildman–Crippen MR) is 87.1 cm³/mol. The highest BCUT2D eigenvalue weighted by atomic mass is 35.5. The Hall–Kier alpha value is -0.610. The van der Waals surface area contributed by atoms with Gasteiger partial charge in [0, 0.05) is 37.2 Å². The molecule has 0 saturated carbocycles. The summed E-state index contributed by atoms with van der Waals surface area (Å²) in [6.45, 7) is 9.84. The first-order chi connectivity index (χ1) is 10.2. The topological polar surface area (TPSA) is 15.7 Å². The van der Waals surface area contributed by atoms with E-state index in [1.165, 1.54) is 25.1 Å². The summed E-state index contributed by atoms with van der Waals surface area (Å²) in [4.78, 5) is 5.21. The van der Waals surface area contributed by atoms with E-state index in [2.05, 4.69) is 34.9 Å². The third-order valence-corrected chi connectivity index (χ3v) is 4.99. The van der Waals surface area contributed by atoms with Gasteiger partial charge < -0.3 is 9.64 Å². The smallest absolute Gasteiger partial charge is 0.0594 e. The average molecular weight is 309 g/mol. The maximum absolute atomic E-state index is 6.10. The Morgan fingerprint density at radius 3 is 2.86 bits per heavy atom. The van der Waals surface area contributed by atoms with Crippen LogP contribution in [-0.4, -0.2) is 61.8 Å². The van der Waals surface area contributed by atoms with Crippen molar-refractivity contribution in [3.63, 3.8) is 0 Å². The van der Waals surface area contributed by atoms with Crippen molar-refractivity contribution < 1.29 is 4.74 Å². The van der Waals surface area contributed by atoms with Crippen molar-refractivity contribution in [3.05, 3.63) is 34.9 Å². The number of rotatable bonds is 4. The second kappa shape index (κ2) is 7.10. The fraction of sp³-hybridized carbons (Fsp3) is 0.647. The van der Waals surface area contributed by atoms with E-state index < -0.39 is 0 Å². The molecule has 2 aliphatic rings. The largest absolute Gasteiger partial charge is 0.379 e. The monoisotopic (exact) mass is 308 g/mol. The second-order valence-corrected chi connectivity index (χ2v) is 6.74. The molecule has 2 saturated heterocycles. The Morgan fingerprint density at radius 1 is 1.29 bits per heavy atom. The minimum absolute atomic E-state index is 0.534. The zero-order valence-electron chi connectivity index (χ0n) is 12.8. The van der Waals surface area contributed by atoms with Crippen LogP contribution in [0, 0.1) is 0 Å². The first kappa shape index (κ1) is 15.3. The molecular formula is C17H25ClN2O. The minimum atomic E-state index is 0.534. The summed E-state index contributed by atoms with van der Waals surface area (Å²) in [5.41, 5.74) is 1.34. The van der Waals surface area contributed by atoms with Crippen LogP contribution in [0.15, 0.2) is 24.3 Å². The van der Waals surface area contributed by atoms with Crippen molar-refractivity contribution >= 4 is 11.6 Å². The van der Waals surface area contributed by atoms with Crippen LogP contribution < -0.4 is 0 Å². The van der Waals surface area contributed by atoms with Crippen molar-refractivity contribution in [2.45, 2.75) is 25.3 Å². The van der Waals surface area contributed by atoms with Gasteiger partial charge in [0.2, 0.25) is 0 Å². The van der Waals surface area contributed by atoms with Crippen LogP contribution in [0.25, 0.3) is 0 Å². The number of benzene rings is 1. The molecule has 1 aromatic rings. The molecule has 3 nitrogen and oxygen atoms in total. The number of likely N-dealkylation sites (tertiary alicyclic amines) is 1. The maximum Gasteiger partial charge on any atom is 0.0594 e. The quantitative estimate of drug-likeness (QED) is 0.850. The molecule has 3 rings (SSSR count). The summed E-state index contributed by atoms with van der Waals surface area (Å²) in [5, 5.41) is 0.840. The third kappa shape index (κ3) is 3.98. The van der Waals surface area contributed by atoms with E-state index in [9.17, 15) is 0 Å². The molecule has 0 bridgehead atoms. The number of morpholine rings is 1. The molecule has 0 radical (unpaired) electrons. The first-order valence-corrected chi connectivity index (χ1v) is 8.40. The van der Waals surface area contributed by atoms with Crippen LogP contribution in [-0.2, 0) is 4.74 Å². The highest BCUT2D eigenvalue weighted by Gasteiger charge is 2.29. The fourth-order valence-corrected chi connectivity index (χ4v) is 3.72. The number of nitrogens with zero attached hydrogens (tertiary/aromatic N) is 2. The van der Waals surface area contributed by atoms with E-state index in [1.807, 2.05) is 6.07 Å². The number of hydrogen-bond acceptors (Lipinski definition) is 3. The lowest BCUT2D eigenvalue weighted by Crippen LogP contribution is -2.44. The second-order valence-electron chi connectivity index (χ2n) is 6.31. The van der Waals surface area contributed by atoms with E-state index in [0.29, 0.717) is 5.92 Å². The lowest BCUT2D eigenvalue weighted by atomic mass is 10.0. The van der Waals surface area contributed by atoms with Gasteiger partial charge in [0.05, 0.1) is 13.2 Å². The molecule has 0 aromatic heterocycles. The van der Waals surface area contributed by atoms with E-state index in [-0.39, 0.29) is 0 Å². The van der Waals surface area contributed by atoms with Crippen LogP contribution >= 0.6 is 11.6 Å². The van der Waals surface area contributed by atoms with Gasteiger partial charge in [-0.05, 0) is 36.6 Å². The van der Waals surface area contributed by atoms with Crippen LogP contribution in [0.5, 0.6) is 0 Å². The van der Waals surface area contributed by atoms with E-state index in [0.717, 1.165) is 43.9 Å². The molecule has 1 aromatic carbocycles. The summed E-state index contributed by atoms with van der Waals surface area (Å²) < 4.78 is 5.45. The van der Waals surface area contributed by atoms with Gasteiger partial charge in [0.15, 0.2) is 0 Å². The SMILES string of the molecule is C[C@@H](CN1CC[C@@H](N2CCOCC2)C1)c1cccc(Cl)c1. The van der Waals surface area contributed by atoms with Crippen molar-refractivity contribution in [2.24, 2.45) is 0 Å². The molecule has 0 amide bonds. The summed E-state index contributed by atoms with van der Waals surface area (Å²) >= 11 is 6.10. The molecule has 2 heterocycles. The Labute approximate surface area is 132 Å². The predicted octanol–water partition coefficient (Wildman–Crippen LogP) is 2.85. The molecule has 0 N–H and O–H groups in total. The van der Waals surface area contributed by atoms with Crippen LogP contribution in [0.4, 0.5) is 0 Å². The van der Waals surface area contributed by atoms with Crippen molar-refractivity contribution in [1.29, 1.82) is 0 Å². The molecule has 0 spiro atoms. The highest BCUT2D eigenvalue weighted by Crippen LogP contribution is 2.23. The van der Waals surface area contributed by atoms with Gasteiger partial charge in [0.1, 0.15) is 0 Å². The van der Waals surface area contributed by atoms with E-state index in [4.69, 9.17) is 16.3 Å².